The summed E-state index contributed by atoms with van der Waals surface area (Å²) < 4.78 is 0. The molecule has 0 aliphatic carbocycles. The van der Waals surface area contributed by atoms with Gasteiger partial charge in [0.15, 0.2) is 5.96 Å². The lowest BCUT2D eigenvalue weighted by atomic mass is 10.2. The Hall–Kier alpha value is -0.770. The molecule has 17 heavy (non-hydrogen) atoms. The maximum absolute atomic E-state index is 5.77. The highest BCUT2D eigenvalue weighted by Gasteiger charge is 2.04. The van der Waals surface area contributed by atoms with Gasteiger partial charge in [0.25, 0.3) is 0 Å². The summed E-state index contributed by atoms with van der Waals surface area (Å²) in [6.07, 6.45) is 3.38. The molecule has 102 valence electrons. The van der Waals surface area contributed by atoms with Gasteiger partial charge in [-0.1, -0.05) is 20.8 Å². The van der Waals surface area contributed by atoms with Gasteiger partial charge in [0.2, 0.25) is 0 Å². The molecule has 0 bridgehead atoms. The van der Waals surface area contributed by atoms with Crippen molar-refractivity contribution < 1.29 is 0 Å². The van der Waals surface area contributed by atoms with Gasteiger partial charge in [0, 0.05) is 12.6 Å². The number of guanidine groups is 1. The fourth-order valence-corrected chi connectivity index (χ4v) is 1.76. The summed E-state index contributed by atoms with van der Waals surface area (Å²) in [5.41, 5.74) is 5.77. The van der Waals surface area contributed by atoms with E-state index in [0.717, 1.165) is 32.5 Å². The van der Waals surface area contributed by atoms with E-state index >= 15 is 0 Å². The predicted molar refractivity (Wildman–Crippen MR) is 76.4 cm³/mol. The van der Waals surface area contributed by atoms with Crippen LogP contribution in [-0.2, 0) is 0 Å². The summed E-state index contributed by atoms with van der Waals surface area (Å²) in [4.78, 5) is 6.68. The molecular weight excluding hydrogens is 212 g/mol. The molecule has 0 heterocycles. The molecule has 0 aromatic carbocycles. The van der Waals surface area contributed by atoms with Gasteiger partial charge in [-0.3, -0.25) is 4.99 Å². The zero-order chi connectivity index (χ0) is 13.1. The summed E-state index contributed by atoms with van der Waals surface area (Å²) in [7, 11) is 0. The van der Waals surface area contributed by atoms with E-state index < -0.39 is 0 Å². The molecule has 0 aliphatic heterocycles. The van der Waals surface area contributed by atoms with Crippen molar-refractivity contribution in [1.82, 2.24) is 10.2 Å². The second kappa shape index (κ2) is 10.4. The van der Waals surface area contributed by atoms with Crippen LogP contribution in [0.3, 0.4) is 0 Å². The number of nitrogens with zero attached hydrogens (tertiary/aromatic N) is 2. The van der Waals surface area contributed by atoms with E-state index in [1.54, 1.807) is 0 Å². The Balaban J connectivity index is 3.68. The van der Waals surface area contributed by atoms with Crippen molar-refractivity contribution in [2.24, 2.45) is 10.7 Å². The molecule has 0 spiro atoms. The van der Waals surface area contributed by atoms with E-state index in [2.05, 4.69) is 42.9 Å². The number of nitrogens with one attached hydrogen (secondary N) is 1. The van der Waals surface area contributed by atoms with Gasteiger partial charge in [0.1, 0.15) is 0 Å². The lowest BCUT2D eigenvalue weighted by Crippen LogP contribution is -2.39. The van der Waals surface area contributed by atoms with Crippen molar-refractivity contribution in [3.8, 4) is 0 Å². The minimum Gasteiger partial charge on any atom is -0.370 e. The third-order valence-electron chi connectivity index (χ3n) is 2.91. The van der Waals surface area contributed by atoms with Gasteiger partial charge in [-0.05, 0) is 45.8 Å². The van der Waals surface area contributed by atoms with Crippen molar-refractivity contribution in [1.29, 1.82) is 0 Å². The van der Waals surface area contributed by atoms with E-state index in [0.29, 0.717) is 12.0 Å². The zero-order valence-electron chi connectivity index (χ0n) is 12.0. The molecule has 0 saturated heterocycles. The highest BCUT2D eigenvalue weighted by Crippen LogP contribution is 1.99. The fraction of sp³-hybridized carbons (Fsp3) is 0.923. The molecule has 0 fully saturated rings. The number of hydrogen-bond acceptors (Lipinski definition) is 2. The van der Waals surface area contributed by atoms with Crippen LogP contribution in [0.2, 0.25) is 0 Å². The van der Waals surface area contributed by atoms with Crippen LogP contribution in [0.1, 0.15) is 47.0 Å². The summed E-state index contributed by atoms with van der Waals surface area (Å²) in [6.45, 7) is 12.9. The van der Waals surface area contributed by atoms with Crippen LogP contribution in [0.25, 0.3) is 0 Å². The molecule has 0 rings (SSSR count). The number of hydrogen-bond donors (Lipinski definition) is 2. The smallest absolute Gasteiger partial charge is 0.188 e. The Morgan fingerprint density at radius 3 is 2.47 bits per heavy atom. The second-order valence-electron chi connectivity index (χ2n) is 4.48. The maximum atomic E-state index is 5.77. The van der Waals surface area contributed by atoms with E-state index in [1.807, 2.05) is 0 Å². The molecule has 1 atom stereocenters. The average molecular weight is 242 g/mol. The minimum atomic E-state index is 0.408. The first-order valence-corrected chi connectivity index (χ1v) is 6.92. The monoisotopic (exact) mass is 242 g/mol. The standard InChI is InChI=1S/C13H30N4/c1-5-10-15-13(14)16-12(4)9-8-11-17(6-2)7-3/h12H,5-11H2,1-4H3,(H3,14,15,16). The summed E-state index contributed by atoms with van der Waals surface area (Å²) in [5, 5.41) is 3.23. The van der Waals surface area contributed by atoms with Crippen molar-refractivity contribution in [3.05, 3.63) is 0 Å². The predicted octanol–water partition coefficient (Wildman–Crippen LogP) is 1.81. The quantitative estimate of drug-likeness (QED) is 0.479. The maximum Gasteiger partial charge on any atom is 0.188 e. The Bertz CT molecular complexity index is 200. The molecule has 4 nitrogen and oxygen atoms in total. The molecule has 3 N–H and O–H groups in total. The Morgan fingerprint density at radius 2 is 1.94 bits per heavy atom. The molecule has 0 saturated carbocycles. The molecule has 0 aliphatic rings. The number of aliphatic imine (C=N–C) groups is 1. The topological polar surface area (TPSA) is 53.6 Å². The van der Waals surface area contributed by atoms with Crippen molar-refractivity contribution in [3.63, 3.8) is 0 Å². The molecule has 1 unspecified atom stereocenters. The normalized spacial score (nSPS) is 14.1. The van der Waals surface area contributed by atoms with E-state index in [9.17, 15) is 0 Å². The Morgan fingerprint density at radius 1 is 1.29 bits per heavy atom. The molecule has 0 amide bonds. The highest BCUT2D eigenvalue weighted by molar-refractivity contribution is 5.78. The van der Waals surface area contributed by atoms with Crippen LogP contribution in [0.15, 0.2) is 4.99 Å². The first-order valence-electron chi connectivity index (χ1n) is 6.92. The van der Waals surface area contributed by atoms with Crippen molar-refractivity contribution >= 4 is 5.96 Å². The van der Waals surface area contributed by atoms with Crippen LogP contribution in [0, 0.1) is 0 Å². The summed E-state index contributed by atoms with van der Waals surface area (Å²) in [6, 6.07) is 0.408. The second-order valence-corrected chi connectivity index (χ2v) is 4.48. The molecule has 0 aromatic rings. The SMILES string of the molecule is CCCN=C(N)NC(C)CCCN(CC)CC. The van der Waals surface area contributed by atoms with Crippen molar-refractivity contribution in [2.45, 2.75) is 53.0 Å². The van der Waals surface area contributed by atoms with E-state index in [4.69, 9.17) is 5.73 Å². The fourth-order valence-electron chi connectivity index (χ4n) is 1.76. The first-order chi connectivity index (χ1) is 8.13. The number of rotatable bonds is 9. The van der Waals surface area contributed by atoms with Gasteiger partial charge >= 0.3 is 0 Å². The van der Waals surface area contributed by atoms with Gasteiger partial charge in [-0.15, -0.1) is 0 Å². The lowest BCUT2D eigenvalue weighted by molar-refractivity contribution is 0.292. The molecule has 4 heteroatoms. The van der Waals surface area contributed by atoms with Gasteiger partial charge in [-0.25, -0.2) is 0 Å². The largest absolute Gasteiger partial charge is 0.370 e. The first kappa shape index (κ1) is 16.2. The van der Waals surface area contributed by atoms with Gasteiger partial charge in [0.05, 0.1) is 0 Å². The molecule has 0 radical (unpaired) electrons. The highest BCUT2D eigenvalue weighted by atomic mass is 15.1. The third kappa shape index (κ3) is 8.98. The van der Waals surface area contributed by atoms with Gasteiger partial charge in [-0.2, -0.15) is 0 Å². The molecular formula is C13H30N4. The van der Waals surface area contributed by atoms with Crippen LogP contribution in [0.4, 0.5) is 0 Å². The summed E-state index contributed by atoms with van der Waals surface area (Å²) in [5.74, 6) is 0.585. The van der Waals surface area contributed by atoms with Crippen LogP contribution in [0.5, 0.6) is 0 Å². The van der Waals surface area contributed by atoms with Crippen LogP contribution < -0.4 is 11.1 Å². The van der Waals surface area contributed by atoms with E-state index in [1.165, 1.54) is 13.0 Å². The number of nitrogens with two attached hydrogens (primary N) is 1. The van der Waals surface area contributed by atoms with Crippen LogP contribution >= 0.6 is 0 Å². The average Bonchev–Trinajstić information content (AvgIpc) is 2.32. The third-order valence-corrected chi connectivity index (χ3v) is 2.91. The Kier molecular flexibility index (Phi) is 9.92. The minimum absolute atomic E-state index is 0.408. The van der Waals surface area contributed by atoms with Gasteiger partial charge < -0.3 is 16.0 Å². The van der Waals surface area contributed by atoms with Crippen molar-refractivity contribution in [2.75, 3.05) is 26.2 Å². The van der Waals surface area contributed by atoms with Crippen LogP contribution in [-0.4, -0.2) is 43.1 Å². The summed E-state index contributed by atoms with van der Waals surface area (Å²) >= 11 is 0. The molecule has 0 aromatic heterocycles. The zero-order valence-corrected chi connectivity index (χ0v) is 12.0. The van der Waals surface area contributed by atoms with E-state index in [-0.39, 0.29) is 0 Å². The lowest BCUT2D eigenvalue weighted by Gasteiger charge is -2.20. The Labute approximate surface area is 107 Å².